The van der Waals surface area contributed by atoms with Gasteiger partial charge in [-0.2, -0.15) is 5.10 Å². The zero-order chi connectivity index (χ0) is 19.6. The van der Waals surface area contributed by atoms with Crippen molar-refractivity contribution in [2.45, 2.75) is 0 Å². The van der Waals surface area contributed by atoms with Gasteiger partial charge in [0.25, 0.3) is 5.91 Å². The van der Waals surface area contributed by atoms with E-state index in [2.05, 4.69) is 15.8 Å². The number of ether oxygens (including phenoxy) is 4. The molecule has 0 aliphatic carbocycles. The summed E-state index contributed by atoms with van der Waals surface area (Å²) in [6.45, 7) is 0.0761. The average molecular weight is 373 g/mol. The lowest BCUT2D eigenvalue weighted by Gasteiger charge is -2.13. The molecule has 2 aromatic carbocycles. The van der Waals surface area contributed by atoms with Gasteiger partial charge < -0.3 is 24.3 Å². The fourth-order valence-electron chi connectivity index (χ4n) is 2.33. The number of rotatable bonds is 9. The fourth-order valence-corrected chi connectivity index (χ4v) is 2.33. The lowest BCUT2D eigenvalue weighted by Crippen LogP contribution is -2.25. The van der Waals surface area contributed by atoms with Crippen LogP contribution in [-0.4, -0.2) is 47.1 Å². The van der Waals surface area contributed by atoms with E-state index in [9.17, 15) is 4.79 Å². The topological polar surface area (TPSA) is 90.4 Å². The van der Waals surface area contributed by atoms with Gasteiger partial charge in [-0.25, -0.2) is 5.43 Å². The first-order chi connectivity index (χ1) is 13.1. The molecular formula is C19H23N3O5. The number of carbonyl (C=O) groups is 1. The van der Waals surface area contributed by atoms with E-state index in [1.807, 2.05) is 24.3 Å². The van der Waals surface area contributed by atoms with Gasteiger partial charge in [0.1, 0.15) is 5.75 Å². The molecule has 0 spiro atoms. The molecule has 8 nitrogen and oxygen atoms in total. The highest BCUT2D eigenvalue weighted by Gasteiger charge is 2.14. The highest BCUT2D eigenvalue weighted by atomic mass is 16.5. The number of benzene rings is 2. The number of nitrogens with zero attached hydrogens (tertiary/aromatic N) is 1. The molecule has 0 unspecified atom stereocenters. The molecule has 0 aliphatic heterocycles. The van der Waals surface area contributed by atoms with E-state index in [1.165, 1.54) is 20.4 Å². The molecule has 0 aliphatic rings. The van der Waals surface area contributed by atoms with Crippen LogP contribution in [0.1, 0.15) is 5.56 Å². The van der Waals surface area contributed by atoms with Gasteiger partial charge in [-0.15, -0.1) is 0 Å². The van der Waals surface area contributed by atoms with Crippen LogP contribution in [0.5, 0.6) is 23.0 Å². The molecule has 0 atom stereocenters. The maximum atomic E-state index is 11.9. The van der Waals surface area contributed by atoms with Crippen molar-refractivity contribution in [3.63, 3.8) is 0 Å². The summed E-state index contributed by atoms with van der Waals surface area (Å²) >= 11 is 0. The second kappa shape index (κ2) is 9.91. The van der Waals surface area contributed by atoms with Gasteiger partial charge in [0, 0.05) is 11.3 Å². The highest BCUT2D eigenvalue weighted by Crippen LogP contribution is 2.38. The summed E-state index contributed by atoms with van der Waals surface area (Å²) in [5, 5.41) is 6.96. The molecule has 0 radical (unpaired) electrons. The number of amides is 1. The molecule has 0 aromatic heterocycles. The Kier molecular flexibility index (Phi) is 7.30. The minimum Gasteiger partial charge on any atom is -0.497 e. The van der Waals surface area contributed by atoms with E-state index in [-0.39, 0.29) is 12.5 Å². The Morgan fingerprint density at radius 2 is 1.63 bits per heavy atom. The van der Waals surface area contributed by atoms with E-state index in [4.69, 9.17) is 18.9 Å². The first-order valence-corrected chi connectivity index (χ1v) is 8.11. The number of nitrogens with one attached hydrogen (secondary N) is 2. The Bertz CT molecular complexity index is 791. The van der Waals surface area contributed by atoms with Crippen LogP contribution in [0.3, 0.4) is 0 Å². The average Bonchev–Trinajstić information content (AvgIpc) is 2.71. The Hall–Kier alpha value is -3.42. The molecule has 2 aromatic rings. The zero-order valence-electron chi connectivity index (χ0n) is 15.7. The molecule has 1 amide bonds. The van der Waals surface area contributed by atoms with E-state index >= 15 is 0 Å². The van der Waals surface area contributed by atoms with Gasteiger partial charge in [-0.3, -0.25) is 4.79 Å². The quantitative estimate of drug-likeness (QED) is 0.518. The lowest BCUT2D eigenvalue weighted by atomic mass is 10.2. The second-order valence-electron chi connectivity index (χ2n) is 5.30. The predicted octanol–water partition coefficient (Wildman–Crippen LogP) is 2.28. The number of carbonyl (C=O) groups excluding carboxylic acids is 1. The maximum Gasteiger partial charge on any atom is 0.259 e. The summed E-state index contributed by atoms with van der Waals surface area (Å²) in [6.07, 6.45) is 1.48. The van der Waals surface area contributed by atoms with Crippen LogP contribution < -0.4 is 29.7 Å². The van der Waals surface area contributed by atoms with E-state index < -0.39 is 0 Å². The summed E-state index contributed by atoms with van der Waals surface area (Å²) < 4.78 is 21.0. The van der Waals surface area contributed by atoms with Crippen LogP contribution in [0.4, 0.5) is 5.69 Å². The van der Waals surface area contributed by atoms with Gasteiger partial charge in [-0.1, -0.05) is 0 Å². The summed E-state index contributed by atoms with van der Waals surface area (Å²) in [6, 6.07) is 10.7. The van der Waals surface area contributed by atoms with Crippen LogP contribution in [-0.2, 0) is 4.79 Å². The van der Waals surface area contributed by atoms with Crippen molar-refractivity contribution < 1.29 is 23.7 Å². The number of hydrazone groups is 1. The predicted molar refractivity (Wildman–Crippen MR) is 103 cm³/mol. The first-order valence-electron chi connectivity index (χ1n) is 8.11. The molecule has 0 heterocycles. The molecule has 0 saturated carbocycles. The van der Waals surface area contributed by atoms with Crippen molar-refractivity contribution in [3.8, 4) is 23.0 Å². The van der Waals surface area contributed by atoms with Gasteiger partial charge in [-0.05, 0) is 36.4 Å². The minimum atomic E-state index is -0.290. The lowest BCUT2D eigenvalue weighted by molar-refractivity contribution is -0.119. The van der Waals surface area contributed by atoms with Crippen molar-refractivity contribution in [2.24, 2.45) is 5.10 Å². The van der Waals surface area contributed by atoms with Gasteiger partial charge >= 0.3 is 0 Å². The highest BCUT2D eigenvalue weighted by molar-refractivity contribution is 5.88. The molecule has 2 N–H and O–H groups in total. The van der Waals surface area contributed by atoms with E-state index in [1.54, 1.807) is 26.4 Å². The van der Waals surface area contributed by atoms with Crippen LogP contribution in [0, 0.1) is 0 Å². The molecule has 8 heteroatoms. The van der Waals surface area contributed by atoms with Crippen molar-refractivity contribution in [1.82, 2.24) is 5.43 Å². The van der Waals surface area contributed by atoms with Crippen molar-refractivity contribution >= 4 is 17.8 Å². The SMILES string of the molecule is COc1ccc(NCC(=O)N/N=C/c2ccc(OC)c(OC)c2OC)cc1. The number of hydrogen-bond donors (Lipinski definition) is 2. The number of hydrogen-bond acceptors (Lipinski definition) is 7. The molecule has 0 saturated heterocycles. The summed E-state index contributed by atoms with van der Waals surface area (Å²) in [5.41, 5.74) is 3.90. The Labute approximate surface area is 158 Å². The van der Waals surface area contributed by atoms with Gasteiger partial charge in [0.15, 0.2) is 11.5 Å². The van der Waals surface area contributed by atoms with Crippen molar-refractivity contribution in [1.29, 1.82) is 0 Å². The Morgan fingerprint density at radius 1 is 0.926 bits per heavy atom. The zero-order valence-corrected chi connectivity index (χ0v) is 15.7. The van der Waals surface area contributed by atoms with Crippen LogP contribution >= 0.6 is 0 Å². The number of anilines is 1. The third-order valence-electron chi connectivity index (χ3n) is 3.67. The maximum absolute atomic E-state index is 11.9. The standard InChI is InChI=1S/C19H23N3O5/c1-24-15-8-6-14(7-9-15)20-12-17(23)22-21-11-13-5-10-16(25-2)19(27-4)18(13)26-3/h5-11,20H,12H2,1-4H3,(H,22,23)/b21-11+. The van der Waals surface area contributed by atoms with Crippen LogP contribution in [0.2, 0.25) is 0 Å². The molecule has 0 bridgehead atoms. The third-order valence-corrected chi connectivity index (χ3v) is 3.67. The largest absolute Gasteiger partial charge is 0.497 e. The molecule has 2 rings (SSSR count). The smallest absolute Gasteiger partial charge is 0.259 e. The Morgan fingerprint density at radius 3 is 2.22 bits per heavy atom. The third kappa shape index (κ3) is 5.27. The first kappa shape index (κ1) is 19.9. The normalized spacial score (nSPS) is 10.4. The van der Waals surface area contributed by atoms with Crippen molar-refractivity contribution in [3.05, 3.63) is 42.0 Å². The summed E-state index contributed by atoms with van der Waals surface area (Å²) in [4.78, 5) is 11.9. The minimum absolute atomic E-state index is 0.0761. The second-order valence-corrected chi connectivity index (χ2v) is 5.30. The summed E-state index contributed by atoms with van der Waals surface area (Å²) in [5.74, 6) is 1.92. The van der Waals surface area contributed by atoms with E-state index in [0.29, 0.717) is 22.8 Å². The van der Waals surface area contributed by atoms with Crippen LogP contribution in [0.25, 0.3) is 0 Å². The monoisotopic (exact) mass is 373 g/mol. The van der Waals surface area contributed by atoms with Gasteiger partial charge in [0.2, 0.25) is 5.75 Å². The van der Waals surface area contributed by atoms with Crippen LogP contribution in [0.15, 0.2) is 41.5 Å². The summed E-state index contributed by atoms with van der Waals surface area (Å²) in [7, 11) is 6.18. The molecule has 144 valence electrons. The van der Waals surface area contributed by atoms with E-state index in [0.717, 1.165) is 11.4 Å². The van der Waals surface area contributed by atoms with Crippen molar-refractivity contribution in [2.75, 3.05) is 40.3 Å². The molecular weight excluding hydrogens is 350 g/mol. The number of methoxy groups -OCH3 is 4. The molecule has 27 heavy (non-hydrogen) atoms. The fraction of sp³-hybridized carbons (Fsp3) is 0.263. The molecule has 0 fully saturated rings. The Balaban J connectivity index is 1.95. The van der Waals surface area contributed by atoms with Gasteiger partial charge in [0.05, 0.1) is 41.2 Å².